The fourth-order valence-corrected chi connectivity index (χ4v) is 5.98. The molecule has 1 fully saturated rings. The van der Waals surface area contributed by atoms with Crippen LogP contribution in [-0.4, -0.2) is 8.56 Å². The van der Waals surface area contributed by atoms with Gasteiger partial charge in [0.1, 0.15) is 0 Å². The standard InChI is InChI=1S/C11H22O2Si/c1-8-9(2)11(6,7)14(12-13-14)10(3,4)5/h8-9H,1H2,2-7H3. The zero-order chi connectivity index (χ0) is 11.2. The molecular formula is C11H22O2Si. The minimum atomic E-state index is -2.04. The van der Waals surface area contributed by atoms with E-state index >= 15 is 0 Å². The van der Waals surface area contributed by atoms with Crippen LogP contribution < -0.4 is 0 Å². The van der Waals surface area contributed by atoms with Gasteiger partial charge in [-0.3, -0.25) is 9.15 Å². The van der Waals surface area contributed by atoms with Crippen molar-refractivity contribution in [2.24, 2.45) is 5.92 Å². The second kappa shape index (κ2) is 3.19. The van der Waals surface area contributed by atoms with Gasteiger partial charge in [0.05, 0.1) is 0 Å². The third kappa shape index (κ3) is 1.47. The first-order valence-corrected chi connectivity index (χ1v) is 7.00. The lowest BCUT2D eigenvalue weighted by Gasteiger charge is -2.37. The summed E-state index contributed by atoms with van der Waals surface area (Å²) in [7, 11) is -2.04. The Labute approximate surface area is 88.5 Å². The minimum absolute atomic E-state index is 0.0764. The van der Waals surface area contributed by atoms with Crippen LogP contribution in [0.15, 0.2) is 12.7 Å². The largest absolute Gasteiger partial charge is 0.417 e. The third-order valence-corrected chi connectivity index (χ3v) is 8.20. The normalized spacial score (nSPS) is 23.0. The van der Waals surface area contributed by atoms with Crippen molar-refractivity contribution in [2.75, 3.05) is 0 Å². The molecule has 82 valence electrons. The summed E-state index contributed by atoms with van der Waals surface area (Å²) in [5, 5.41) is 0.195. The molecule has 0 spiro atoms. The van der Waals surface area contributed by atoms with Gasteiger partial charge in [-0.05, 0) is 5.92 Å². The van der Waals surface area contributed by atoms with Gasteiger partial charge in [-0.1, -0.05) is 47.6 Å². The van der Waals surface area contributed by atoms with E-state index in [2.05, 4.69) is 48.1 Å². The monoisotopic (exact) mass is 214 g/mol. The van der Waals surface area contributed by atoms with E-state index in [0.717, 1.165) is 0 Å². The van der Waals surface area contributed by atoms with Crippen LogP contribution in [0.4, 0.5) is 0 Å². The summed E-state index contributed by atoms with van der Waals surface area (Å²) in [6.07, 6.45) is 1.99. The summed E-state index contributed by atoms with van der Waals surface area (Å²) in [4.78, 5) is 0. The van der Waals surface area contributed by atoms with Crippen molar-refractivity contribution in [3.05, 3.63) is 12.7 Å². The zero-order valence-electron chi connectivity index (χ0n) is 10.2. The second-order valence-corrected chi connectivity index (χ2v) is 10.1. The van der Waals surface area contributed by atoms with Crippen LogP contribution in [0.1, 0.15) is 41.5 Å². The summed E-state index contributed by atoms with van der Waals surface area (Å²) < 4.78 is 10.9. The molecule has 1 heterocycles. The predicted molar refractivity (Wildman–Crippen MR) is 61.0 cm³/mol. The van der Waals surface area contributed by atoms with Crippen molar-refractivity contribution >= 4 is 8.56 Å². The number of hydrogen-bond donors (Lipinski definition) is 0. The quantitative estimate of drug-likeness (QED) is 0.309. The van der Waals surface area contributed by atoms with Gasteiger partial charge in [-0.25, -0.2) is 0 Å². The van der Waals surface area contributed by atoms with Crippen LogP contribution in [0.2, 0.25) is 10.1 Å². The molecule has 0 bridgehead atoms. The van der Waals surface area contributed by atoms with Crippen LogP contribution in [0, 0.1) is 5.92 Å². The first-order valence-electron chi connectivity index (χ1n) is 5.18. The molecule has 0 amide bonds. The minimum Gasteiger partial charge on any atom is -0.255 e. The number of allylic oxidation sites excluding steroid dienone is 1. The summed E-state index contributed by atoms with van der Waals surface area (Å²) in [6, 6.07) is 0. The zero-order valence-corrected chi connectivity index (χ0v) is 11.2. The maximum Gasteiger partial charge on any atom is 0.417 e. The van der Waals surface area contributed by atoms with Crippen molar-refractivity contribution in [3.8, 4) is 0 Å². The maximum atomic E-state index is 5.44. The lowest BCUT2D eigenvalue weighted by Crippen LogP contribution is -2.44. The fourth-order valence-electron chi connectivity index (χ4n) is 2.07. The molecule has 0 aromatic rings. The smallest absolute Gasteiger partial charge is 0.255 e. The van der Waals surface area contributed by atoms with Gasteiger partial charge in [0.25, 0.3) is 0 Å². The van der Waals surface area contributed by atoms with E-state index in [1.165, 1.54) is 0 Å². The molecule has 0 saturated carbocycles. The van der Waals surface area contributed by atoms with E-state index in [1.807, 2.05) is 6.08 Å². The van der Waals surface area contributed by atoms with Crippen molar-refractivity contribution in [3.63, 3.8) is 0 Å². The Morgan fingerprint density at radius 1 is 1.14 bits per heavy atom. The molecule has 0 radical (unpaired) electrons. The lowest BCUT2D eigenvalue weighted by atomic mass is 9.97. The van der Waals surface area contributed by atoms with Gasteiger partial charge in [-0.15, -0.1) is 6.58 Å². The van der Waals surface area contributed by atoms with Crippen molar-refractivity contribution < 1.29 is 9.15 Å². The molecule has 0 aromatic heterocycles. The Bertz CT molecular complexity index is 236. The van der Waals surface area contributed by atoms with E-state index in [1.54, 1.807) is 0 Å². The summed E-state index contributed by atoms with van der Waals surface area (Å²) in [5.41, 5.74) is 0. The molecule has 0 N–H and O–H groups in total. The maximum absolute atomic E-state index is 5.44. The van der Waals surface area contributed by atoms with Gasteiger partial charge in [0.2, 0.25) is 0 Å². The van der Waals surface area contributed by atoms with E-state index in [4.69, 9.17) is 9.15 Å². The number of hydrogen-bond acceptors (Lipinski definition) is 2. The van der Waals surface area contributed by atoms with E-state index in [-0.39, 0.29) is 10.1 Å². The molecule has 2 nitrogen and oxygen atoms in total. The Balaban J connectivity index is 2.98. The third-order valence-electron chi connectivity index (χ3n) is 3.58. The highest BCUT2D eigenvalue weighted by molar-refractivity contribution is 6.78. The van der Waals surface area contributed by atoms with Gasteiger partial charge in [0.15, 0.2) is 0 Å². The molecule has 1 unspecified atom stereocenters. The summed E-state index contributed by atoms with van der Waals surface area (Å²) in [5.74, 6) is 0.413. The molecule has 0 aromatic carbocycles. The molecule has 1 atom stereocenters. The molecule has 1 aliphatic rings. The Hall–Kier alpha value is -0.123. The Morgan fingerprint density at radius 3 is 1.79 bits per heavy atom. The summed E-state index contributed by atoms with van der Waals surface area (Å²) in [6.45, 7) is 17.1. The molecule has 3 heteroatoms. The molecule has 1 aliphatic heterocycles. The van der Waals surface area contributed by atoms with Gasteiger partial charge < -0.3 is 0 Å². The molecule has 1 rings (SSSR count). The van der Waals surface area contributed by atoms with Crippen molar-refractivity contribution in [2.45, 2.75) is 51.6 Å². The highest BCUT2D eigenvalue weighted by atomic mass is 28.4. The fraction of sp³-hybridized carbons (Fsp3) is 0.818. The topological polar surface area (TPSA) is 25.1 Å². The van der Waals surface area contributed by atoms with Gasteiger partial charge in [0, 0.05) is 10.1 Å². The van der Waals surface area contributed by atoms with Crippen molar-refractivity contribution in [1.29, 1.82) is 0 Å². The van der Waals surface area contributed by atoms with Crippen LogP contribution in [0.5, 0.6) is 0 Å². The molecule has 0 aliphatic carbocycles. The average molecular weight is 214 g/mol. The highest BCUT2D eigenvalue weighted by Gasteiger charge is 2.73. The van der Waals surface area contributed by atoms with Gasteiger partial charge in [-0.2, -0.15) is 0 Å². The number of rotatable bonds is 3. The van der Waals surface area contributed by atoms with Crippen LogP contribution in [0.25, 0.3) is 0 Å². The second-order valence-electron chi connectivity index (χ2n) is 5.78. The van der Waals surface area contributed by atoms with Crippen LogP contribution in [-0.2, 0) is 9.15 Å². The average Bonchev–Trinajstić information content (AvgIpc) is 2.80. The van der Waals surface area contributed by atoms with Gasteiger partial charge >= 0.3 is 8.56 Å². The lowest BCUT2D eigenvalue weighted by molar-refractivity contribution is 0.0850. The van der Waals surface area contributed by atoms with E-state index < -0.39 is 8.56 Å². The Morgan fingerprint density at radius 2 is 1.57 bits per heavy atom. The Kier molecular flexibility index (Phi) is 2.72. The highest BCUT2D eigenvalue weighted by Crippen LogP contribution is 2.62. The van der Waals surface area contributed by atoms with Crippen LogP contribution in [0.3, 0.4) is 0 Å². The summed E-state index contributed by atoms with van der Waals surface area (Å²) >= 11 is 0. The first-order chi connectivity index (χ1) is 6.19. The molecular weight excluding hydrogens is 192 g/mol. The SMILES string of the molecule is C=CC(C)C(C)(C)[Si]1(C(C)(C)C)OO1. The van der Waals surface area contributed by atoms with E-state index in [9.17, 15) is 0 Å². The molecule has 14 heavy (non-hydrogen) atoms. The van der Waals surface area contributed by atoms with Crippen molar-refractivity contribution in [1.82, 2.24) is 0 Å². The van der Waals surface area contributed by atoms with Crippen LogP contribution >= 0.6 is 0 Å². The van der Waals surface area contributed by atoms with E-state index in [0.29, 0.717) is 5.92 Å². The molecule has 1 saturated heterocycles. The predicted octanol–water partition coefficient (Wildman–Crippen LogP) is 3.79. The first kappa shape index (κ1) is 11.9.